The third-order valence-electron chi connectivity index (χ3n) is 4.96. The van der Waals surface area contributed by atoms with E-state index >= 15 is 0 Å². The summed E-state index contributed by atoms with van der Waals surface area (Å²) in [5, 5.41) is 9.93. The predicted octanol–water partition coefficient (Wildman–Crippen LogP) is 3.84. The van der Waals surface area contributed by atoms with Crippen molar-refractivity contribution in [2.75, 3.05) is 13.1 Å². The minimum absolute atomic E-state index is 0.0567. The number of benzene rings is 1. The smallest absolute Gasteiger partial charge is 0.255 e. The number of halogens is 1. The molecule has 3 nitrogen and oxygen atoms in total. The first-order valence-corrected chi connectivity index (χ1v) is 7.75. The van der Waals surface area contributed by atoms with Crippen molar-refractivity contribution < 1.29 is 9.90 Å². The molecule has 1 N–H and O–H groups in total. The van der Waals surface area contributed by atoms with Crippen LogP contribution in [0.25, 0.3) is 0 Å². The Hall–Kier alpha value is -1.22. The fourth-order valence-electron chi connectivity index (χ4n) is 3.66. The van der Waals surface area contributed by atoms with Crippen molar-refractivity contribution in [1.29, 1.82) is 0 Å². The van der Waals surface area contributed by atoms with Gasteiger partial charge in [0.25, 0.3) is 5.91 Å². The van der Waals surface area contributed by atoms with Gasteiger partial charge in [0.05, 0.1) is 10.6 Å². The van der Waals surface area contributed by atoms with E-state index in [-0.39, 0.29) is 11.7 Å². The number of carbonyl (C=O) groups excluding carboxylic acids is 1. The molecule has 1 aliphatic carbocycles. The number of carbonyl (C=O) groups is 1. The largest absolute Gasteiger partial charge is 0.508 e. The van der Waals surface area contributed by atoms with Crippen LogP contribution in [0, 0.1) is 5.41 Å². The molecule has 1 amide bonds. The lowest BCUT2D eigenvalue weighted by molar-refractivity contribution is 0.0587. The second-order valence-electron chi connectivity index (χ2n) is 6.16. The van der Waals surface area contributed by atoms with E-state index in [0.717, 1.165) is 25.9 Å². The maximum Gasteiger partial charge on any atom is 0.255 e. The molecule has 2 aliphatic rings. The number of hydrogen-bond acceptors (Lipinski definition) is 2. The number of aromatic hydroxyl groups is 1. The molecule has 108 valence electrons. The quantitative estimate of drug-likeness (QED) is 0.854. The van der Waals surface area contributed by atoms with Crippen molar-refractivity contribution >= 4 is 17.5 Å². The Morgan fingerprint density at radius 3 is 2.45 bits per heavy atom. The van der Waals surface area contributed by atoms with E-state index in [1.807, 2.05) is 4.90 Å². The second kappa shape index (κ2) is 5.28. The average molecular weight is 294 g/mol. The number of piperidine rings is 1. The molecule has 1 aromatic rings. The van der Waals surface area contributed by atoms with E-state index < -0.39 is 0 Å². The molecule has 0 bridgehead atoms. The molecule has 0 unspecified atom stereocenters. The Balaban J connectivity index is 1.71. The SMILES string of the molecule is O=C(c1cc(O)ccc1Cl)N1CCC2(CCCC2)CC1. The molecule has 1 aliphatic heterocycles. The minimum Gasteiger partial charge on any atom is -0.508 e. The Bertz CT molecular complexity index is 513. The minimum atomic E-state index is -0.0567. The van der Waals surface area contributed by atoms with Gasteiger partial charge in [-0.15, -0.1) is 0 Å². The van der Waals surface area contributed by atoms with Crippen LogP contribution in [0.3, 0.4) is 0 Å². The predicted molar refractivity (Wildman–Crippen MR) is 79.2 cm³/mol. The van der Waals surface area contributed by atoms with E-state index in [0.29, 0.717) is 16.0 Å². The lowest BCUT2D eigenvalue weighted by Gasteiger charge is -2.39. The Morgan fingerprint density at radius 1 is 1.15 bits per heavy atom. The van der Waals surface area contributed by atoms with E-state index in [1.165, 1.54) is 37.8 Å². The molecule has 3 rings (SSSR count). The standard InChI is InChI=1S/C16H20ClNO2/c17-14-4-3-12(19)11-13(14)15(20)18-9-7-16(8-10-18)5-1-2-6-16/h3-4,11,19H,1-2,5-10H2. The van der Waals surface area contributed by atoms with Gasteiger partial charge in [-0.3, -0.25) is 4.79 Å². The summed E-state index contributed by atoms with van der Waals surface area (Å²) in [6, 6.07) is 4.54. The van der Waals surface area contributed by atoms with Gasteiger partial charge < -0.3 is 10.0 Å². The van der Waals surface area contributed by atoms with Gasteiger partial charge in [-0.1, -0.05) is 24.4 Å². The highest BCUT2D eigenvalue weighted by atomic mass is 35.5. The molecule has 2 fully saturated rings. The Kier molecular flexibility index (Phi) is 3.63. The van der Waals surface area contributed by atoms with Crippen LogP contribution in [0.1, 0.15) is 48.9 Å². The summed E-state index contributed by atoms with van der Waals surface area (Å²) in [4.78, 5) is 14.4. The molecule has 0 radical (unpaired) electrons. The van der Waals surface area contributed by atoms with Crippen molar-refractivity contribution in [2.45, 2.75) is 38.5 Å². The molecule has 1 spiro atoms. The van der Waals surface area contributed by atoms with E-state index in [1.54, 1.807) is 6.07 Å². The molecule has 1 heterocycles. The second-order valence-corrected chi connectivity index (χ2v) is 6.57. The summed E-state index contributed by atoms with van der Waals surface area (Å²) in [5.74, 6) is 0.0285. The van der Waals surface area contributed by atoms with Gasteiger partial charge in [0.1, 0.15) is 5.75 Å². The van der Waals surface area contributed by atoms with Gasteiger partial charge in [-0.05, 0) is 49.3 Å². The maximum atomic E-state index is 12.5. The summed E-state index contributed by atoms with van der Waals surface area (Å²) < 4.78 is 0. The first-order valence-electron chi connectivity index (χ1n) is 7.38. The van der Waals surface area contributed by atoms with Crippen molar-refractivity contribution in [3.63, 3.8) is 0 Å². The third-order valence-corrected chi connectivity index (χ3v) is 5.29. The van der Waals surface area contributed by atoms with Gasteiger partial charge in [-0.25, -0.2) is 0 Å². The molecule has 1 saturated heterocycles. The van der Waals surface area contributed by atoms with Crippen molar-refractivity contribution in [2.24, 2.45) is 5.41 Å². The van der Waals surface area contributed by atoms with Gasteiger partial charge >= 0.3 is 0 Å². The van der Waals surface area contributed by atoms with Gasteiger partial charge in [0.15, 0.2) is 0 Å². The lowest BCUT2D eigenvalue weighted by Crippen LogP contribution is -2.42. The molecule has 1 aromatic carbocycles. The summed E-state index contributed by atoms with van der Waals surface area (Å²) in [5.41, 5.74) is 0.911. The highest BCUT2D eigenvalue weighted by Crippen LogP contribution is 2.46. The summed E-state index contributed by atoms with van der Waals surface area (Å²) in [6.45, 7) is 1.62. The van der Waals surface area contributed by atoms with Crippen LogP contribution in [0.15, 0.2) is 18.2 Å². The summed E-state index contributed by atoms with van der Waals surface area (Å²) >= 11 is 6.07. The monoisotopic (exact) mass is 293 g/mol. The van der Waals surface area contributed by atoms with Crippen LogP contribution < -0.4 is 0 Å². The molecule has 0 aromatic heterocycles. The number of rotatable bonds is 1. The first kappa shape index (κ1) is 13.7. The van der Waals surface area contributed by atoms with Crippen LogP contribution in [-0.2, 0) is 0 Å². The van der Waals surface area contributed by atoms with E-state index in [9.17, 15) is 9.90 Å². The van der Waals surface area contributed by atoms with Crippen LogP contribution in [-0.4, -0.2) is 29.0 Å². The fourth-order valence-corrected chi connectivity index (χ4v) is 3.86. The molecular weight excluding hydrogens is 274 g/mol. The van der Waals surface area contributed by atoms with Crippen LogP contribution >= 0.6 is 11.6 Å². The zero-order valence-electron chi connectivity index (χ0n) is 11.6. The van der Waals surface area contributed by atoms with E-state index in [2.05, 4.69) is 0 Å². The fraction of sp³-hybridized carbons (Fsp3) is 0.562. The number of amides is 1. The highest BCUT2D eigenvalue weighted by molar-refractivity contribution is 6.33. The molecular formula is C16H20ClNO2. The van der Waals surface area contributed by atoms with Crippen LogP contribution in [0.2, 0.25) is 5.02 Å². The zero-order valence-corrected chi connectivity index (χ0v) is 12.3. The number of likely N-dealkylation sites (tertiary alicyclic amines) is 1. The van der Waals surface area contributed by atoms with Crippen molar-refractivity contribution in [1.82, 2.24) is 4.90 Å². The number of nitrogens with zero attached hydrogens (tertiary/aromatic N) is 1. The maximum absolute atomic E-state index is 12.5. The normalized spacial score (nSPS) is 21.4. The Morgan fingerprint density at radius 2 is 1.80 bits per heavy atom. The highest BCUT2D eigenvalue weighted by Gasteiger charge is 2.38. The topological polar surface area (TPSA) is 40.5 Å². The molecule has 0 atom stereocenters. The third kappa shape index (κ3) is 2.51. The average Bonchev–Trinajstić information content (AvgIpc) is 2.90. The van der Waals surface area contributed by atoms with E-state index in [4.69, 9.17) is 11.6 Å². The number of phenols is 1. The van der Waals surface area contributed by atoms with Crippen molar-refractivity contribution in [3.05, 3.63) is 28.8 Å². The van der Waals surface area contributed by atoms with Gasteiger partial charge in [0, 0.05) is 13.1 Å². The van der Waals surface area contributed by atoms with Gasteiger partial charge in [0.2, 0.25) is 0 Å². The molecule has 1 saturated carbocycles. The van der Waals surface area contributed by atoms with Gasteiger partial charge in [-0.2, -0.15) is 0 Å². The Labute approximate surface area is 124 Å². The van der Waals surface area contributed by atoms with Crippen LogP contribution in [0.4, 0.5) is 0 Å². The van der Waals surface area contributed by atoms with Crippen LogP contribution in [0.5, 0.6) is 5.75 Å². The summed E-state index contributed by atoms with van der Waals surface area (Å²) in [7, 11) is 0. The first-order chi connectivity index (χ1) is 9.60. The number of phenolic OH excluding ortho intramolecular Hbond substituents is 1. The van der Waals surface area contributed by atoms with Crippen molar-refractivity contribution in [3.8, 4) is 5.75 Å². The molecule has 20 heavy (non-hydrogen) atoms. The molecule has 4 heteroatoms. The lowest BCUT2D eigenvalue weighted by atomic mass is 9.77. The zero-order chi connectivity index (χ0) is 14.2. The number of hydrogen-bond donors (Lipinski definition) is 1. The summed E-state index contributed by atoms with van der Waals surface area (Å²) in [6.07, 6.45) is 7.53.